The minimum atomic E-state index is -2.45. The number of aromatic nitrogens is 2. The van der Waals surface area contributed by atoms with Gasteiger partial charge in [0.2, 0.25) is 0 Å². The normalized spacial score (nSPS) is 11.2. The molecule has 2 aromatic rings. The first-order valence-corrected chi connectivity index (χ1v) is 6.10. The van der Waals surface area contributed by atoms with Crippen LogP contribution in [-0.4, -0.2) is 43.8 Å². The fraction of sp³-hybridized carbons (Fsp3) is 0.462. The number of methoxy groups -OCH3 is 2. The molecule has 0 amide bonds. The van der Waals surface area contributed by atoms with Crippen LogP contribution in [0.3, 0.4) is 0 Å². The van der Waals surface area contributed by atoms with Crippen LogP contribution in [0.1, 0.15) is 5.82 Å². The van der Waals surface area contributed by atoms with Gasteiger partial charge in [0.15, 0.2) is 11.5 Å². The molecule has 2 rings (SSSR count). The van der Waals surface area contributed by atoms with Crippen LogP contribution < -0.4 is 9.47 Å². The molecule has 0 spiro atoms. The van der Waals surface area contributed by atoms with E-state index in [1.807, 2.05) is 0 Å². The van der Waals surface area contributed by atoms with Gasteiger partial charge in [0.05, 0.1) is 31.9 Å². The Bertz CT molecular complexity index is 531. The summed E-state index contributed by atoms with van der Waals surface area (Å²) in [4.78, 5) is 7.45. The predicted molar refractivity (Wildman–Crippen MR) is 69.7 cm³/mol. The molecular formula is C13H16F2N2O3. The number of rotatable bonds is 7. The predicted octanol–water partition coefficient (Wildman–Crippen LogP) is 2.40. The highest BCUT2D eigenvalue weighted by Gasteiger charge is 2.10. The summed E-state index contributed by atoms with van der Waals surface area (Å²) in [5.74, 6) is 1.86. The summed E-state index contributed by atoms with van der Waals surface area (Å²) < 4.78 is 39.1. The van der Waals surface area contributed by atoms with Gasteiger partial charge in [-0.1, -0.05) is 0 Å². The molecule has 0 saturated heterocycles. The summed E-state index contributed by atoms with van der Waals surface area (Å²) >= 11 is 0. The van der Waals surface area contributed by atoms with E-state index < -0.39 is 13.0 Å². The van der Waals surface area contributed by atoms with Crippen molar-refractivity contribution in [3.63, 3.8) is 0 Å². The second-order valence-corrected chi connectivity index (χ2v) is 4.12. The van der Waals surface area contributed by atoms with E-state index in [4.69, 9.17) is 14.2 Å². The van der Waals surface area contributed by atoms with Crippen molar-refractivity contribution in [2.24, 2.45) is 0 Å². The van der Waals surface area contributed by atoms with Crippen LogP contribution in [0.5, 0.6) is 11.5 Å². The lowest BCUT2D eigenvalue weighted by Crippen LogP contribution is -2.07. The number of benzene rings is 1. The number of nitrogens with one attached hydrogen (secondary N) is 1. The Labute approximate surface area is 114 Å². The van der Waals surface area contributed by atoms with Crippen molar-refractivity contribution in [3.8, 4) is 11.5 Å². The zero-order chi connectivity index (χ0) is 14.5. The van der Waals surface area contributed by atoms with E-state index in [1.165, 1.54) is 0 Å². The van der Waals surface area contributed by atoms with Crippen molar-refractivity contribution in [1.29, 1.82) is 0 Å². The van der Waals surface area contributed by atoms with Crippen LogP contribution in [0.2, 0.25) is 0 Å². The lowest BCUT2D eigenvalue weighted by atomic mass is 10.3. The third-order valence-electron chi connectivity index (χ3n) is 2.76. The summed E-state index contributed by atoms with van der Waals surface area (Å²) in [6, 6.07) is 3.54. The lowest BCUT2D eigenvalue weighted by molar-refractivity contribution is 0.0183. The quantitative estimate of drug-likeness (QED) is 0.794. The number of fused-ring (bicyclic) bond motifs is 1. The number of halogens is 2. The molecule has 1 N–H and O–H groups in total. The van der Waals surface area contributed by atoms with E-state index in [9.17, 15) is 8.78 Å². The maximum atomic E-state index is 11.9. The second-order valence-electron chi connectivity index (χ2n) is 4.12. The molecular weight excluding hydrogens is 270 g/mol. The van der Waals surface area contributed by atoms with Gasteiger partial charge in [-0.25, -0.2) is 13.8 Å². The molecule has 1 heterocycles. The van der Waals surface area contributed by atoms with Crippen LogP contribution in [0.4, 0.5) is 8.78 Å². The van der Waals surface area contributed by atoms with E-state index in [1.54, 1.807) is 26.4 Å². The van der Waals surface area contributed by atoms with Crippen LogP contribution in [0.15, 0.2) is 12.1 Å². The summed E-state index contributed by atoms with van der Waals surface area (Å²) in [7, 11) is 3.11. The van der Waals surface area contributed by atoms with Gasteiger partial charge in [-0.2, -0.15) is 0 Å². The van der Waals surface area contributed by atoms with Crippen LogP contribution >= 0.6 is 0 Å². The highest BCUT2D eigenvalue weighted by Crippen LogP contribution is 2.31. The highest BCUT2D eigenvalue weighted by molar-refractivity contribution is 5.79. The number of ether oxygens (including phenoxy) is 3. The molecule has 0 unspecified atom stereocenters. The van der Waals surface area contributed by atoms with Gasteiger partial charge in [0, 0.05) is 18.6 Å². The molecule has 0 radical (unpaired) electrons. The number of alkyl halides is 2. The molecule has 5 nitrogen and oxygen atoms in total. The Morgan fingerprint density at radius 1 is 1.20 bits per heavy atom. The van der Waals surface area contributed by atoms with E-state index >= 15 is 0 Å². The third-order valence-corrected chi connectivity index (χ3v) is 2.76. The van der Waals surface area contributed by atoms with Crippen molar-refractivity contribution >= 4 is 11.0 Å². The molecule has 1 aromatic heterocycles. The first-order valence-electron chi connectivity index (χ1n) is 6.10. The second kappa shape index (κ2) is 6.51. The van der Waals surface area contributed by atoms with Crippen LogP contribution in [0.25, 0.3) is 11.0 Å². The minimum absolute atomic E-state index is 0.193. The zero-order valence-corrected chi connectivity index (χ0v) is 11.3. The topological polar surface area (TPSA) is 56.4 Å². The van der Waals surface area contributed by atoms with Gasteiger partial charge in [0.25, 0.3) is 6.43 Å². The molecule has 0 fully saturated rings. The van der Waals surface area contributed by atoms with Crippen LogP contribution in [-0.2, 0) is 11.2 Å². The number of hydrogen-bond acceptors (Lipinski definition) is 4. The Hall–Kier alpha value is -1.89. The zero-order valence-electron chi connectivity index (χ0n) is 11.3. The van der Waals surface area contributed by atoms with Crippen LogP contribution in [0, 0.1) is 0 Å². The summed E-state index contributed by atoms with van der Waals surface area (Å²) in [5, 5.41) is 0. The fourth-order valence-corrected chi connectivity index (χ4v) is 1.85. The van der Waals surface area contributed by atoms with Gasteiger partial charge in [-0.05, 0) is 0 Å². The van der Waals surface area contributed by atoms with E-state index in [0.29, 0.717) is 23.7 Å². The molecule has 0 atom stereocenters. The number of imidazole rings is 1. The number of hydrogen-bond donors (Lipinski definition) is 1. The van der Waals surface area contributed by atoms with Gasteiger partial charge in [0.1, 0.15) is 12.4 Å². The smallest absolute Gasteiger partial charge is 0.261 e. The van der Waals surface area contributed by atoms with Crippen molar-refractivity contribution in [2.75, 3.05) is 27.4 Å². The standard InChI is InChI=1S/C13H16F2N2O3/c1-18-10-5-8-9(6-11(10)19-2)17-13(16-8)3-4-20-7-12(14)15/h5-6,12H,3-4,7H2,1-2H3,(H,16,17). The molecule has 0 saturated carbocycles. The van der Waals surface area contributed by atoms with Gasteiger partial charge in [-0.15, -0.1) is 0 Å². The first-order chi connectivity index (χ1) is 9.63. The average Bonchev–Trinajstić information content (AvgIpc) is 2.83. The monoisotopic (exact) mass is 286 g/mol. The molecule has 0 bridgehead atoms. The van der Waals surface area contributed by atoms with E-state index in [2.05, 4.69) is 9.97 Å². The number of nitrogens with zero attached hydrogens (tertiary/aromatic N) is 1. The average molecular weight is 286 g/mol. The lowest BCUT2D eigenvalue weighted by Gasteiger charge is -2.06. The Kier molecular flexibility index (Phi) is 4.73. The molecule has 110 valence electrons. The maximum Gasteiger partial charge on any atom is 0.261 e. The third kappa shape index (κ3) is 3.36. The molecule has 0 aliphatic rings. The summed E-state index contributed by atoms with van der Waals surface area (Å²) in [6.45, 7) is -0.361. The van der Waals surface area contributed by atoms with Crippen molar-refractivity contribution in [3.05, 3.63) is 18.0 Å². The number of H-pyrrole nitrogens is 1. The fourth-order valence-electron chi connectivity index (χ4n) is 1.85. The Balaban J connectivity index is 2.08. The van der Waals surface area contributed by atoms with Gasteiger partial charge < -0.3 is 19.2 Å². The Morgan fingerprint density at radius 3 is 2.55 bits per heavy atom. The number of aromatic amines is 1. The minimum Gasteiger partial charge on any atom is -0.493 e. The van der Waals surface area contributed by atoms with Gasteiger partial charge in [-0.3, -0.25) is 0 Å². The van der Waals surface area contributed by atoms with Crippen molar-refractivity contribution in [2.45, 2.75) is 12.8 Å². The van der Waals surface area contributed by atoms with Crippen molar-refractivity contribution in [1.82, 2.24) is 9.97 Å². The summed E-state index contributed by atoms with van der Waals surface area (Å²) in [5.41, 5.74) is 1.53. The summed E-state index contributed by atoms with van der Waals surface area (Å²) in [6.07, 6.45) is -2.01. The van der Waals surface area contributed by atoms with E-state index in [-0.39, 0.29) is 6.61 Å². The molecule has 0 aliphatic carbocycles. The van der Waals surface area contributed by atoms with Crippen molar-refractivity contribution < 1.29 is 23.0 Å². The van der Waals surface area contributed by atoms with Gasteiger partial charge >= 0.3 is 0 Å². The van der Waals surface area contributed by atoms with E-state index in [0.717, 1.165) is 11.0 Å². The molecule has 7 heteroatoms. The molecule has 0 aliphatic heterocycles. The maximum absolute atomic E-state index is 11.9. The first kappa shape index (κ1) is 14.5. The highest BCUT2D eigenvalue weighted by atomic mass is 19.3. The largest absolute Gasteiger partial charge is 0.493 e. The Morgan fingerprint density at radius 2 is 1.90 bits per heavy atom. The SMILES string of the molecule is COc1cc2nc(CCOCC(F)F)[nH]c2cc1OC. The molecule has 20 heavy (non-hydrogen) atoms. The molecule has 1 aromatic carbocycles.